The highest BCUT2D eigenvalue weighted by Crippen LogP contribution is 2.30. The zero-order chi connectivity index (χ0) is 12.9. The third-order valence-electron chi connectivity index (χ3n) is 3.18. The van der Waals surface area contributed by atoms with Gasteiger partial charge in [-0.25, -0.2) is 4.98 Å². The molecule has 0 aliphatic rings. The summed E-state index contributed by atoms with van der Waals surface area (Å²) in [5.41, 5.74) is 8.64. The van der Waals surface area contributed by atoms with Gasteiger partial charge in [-0.2, -0.15) is 0 Å². The Bertz CT molecular complexity index is 744. The molecule has 3 aromatic rings. The molecular weight excluding hydrogens is 296 g/mol. The summed E-state index contributed by atoms with van der Waals surface area (Å²) < 4.78 is 10.3. The van der Waals surface area contributed by atoms with Crippen molar-refractivity contribution in [3.05, 3.63) is 28.5 Å². The third-order valence-corrected chi connectivity index (χ3v) is 4.00. The van der Waals surface area contributed by atoms with Gasteiger partial charge in [-0.15, -0.1) is 0 Å². The van der Waals surface area contributed by atoms with Crippen molar-refractivity contribution < 1.29 is 4.74 Å². The van der Waals surface area contributed by atoms with E-state index < -0.39 is 0 Å². The van der Waals surface area contributed by atoms with Crippen molar-refractivity contribution in [3.8, 4) is 5.75 Å². The molecule has 0 fully saturated rings. The molecule has 0 bridgehead atoms. The molecule has 0 saturated heterocycles. The highest BCUT2D eigenvalue weighted by atomic mass is 79.9. The van der Waals surface area contributed by atoms with E-state index in [4.69, 9.17) is 10.5 Å². The highest BCUT2D eigenvalue weighted by Gasteiger charge is 2.18. The number of nitrogens with two attached hydrogens (primary N) is 1. The SMILES string of the molecule is COc1cccc2c1nc1n(C)c(CN)c(Br)n21. The minimum absolute atomic E-state index is 0.464. The van der Waals surface area contributed by atoms with Crippen molar-refractivity contribution in [2.75, 3.05) is 7.11 Å². The van der Waals surface area contributed by atoms with Crippen LogP contribution in [0.1, 0.15) is 5.69 Å². The summed E-state index contributed by atoms with van der Waals surface area (Å²) in [4.78, 5) is 4.63. The lowest BCUT2D eigenvalue weighted by atomic mass is 10.3. The van der Waals surface area contributed by atoms with E-state index in [1.165, 1.54) is 0 Å². The zero-order valence-electron chi connectivity index (χ0n) is 10.1. The van der Waals surface area contributed by atoms with Crippen LogP contribution in [0.15, 0.2) is 22.8 Å². The topological polar surface area (TPSA) is 57.5 Å². The van der Waals surface area contributed by atoms with Crippen LogP contribution in [0.25, 0.3) is 16.8 Å². The van der Waals surface area contributed by atoms with Gasteiger partial charge in [-0.1, -0.05) is 6.07 Å². The molecule has 6 heteroatoms. The summed E-state index contributed by atoms with van der Waals surface area (Å²) >= 11 is 3.59. The molecule has 3 rings (SSSR count). The molecule has 0 spiro atoms. The Hall–Kier alpha value is -1.53. The molecule has 2 heterocycles. The zero-order valence-corrected chi connectivity index (χ0v) is 11.7. The van der Waals surface area contributed by atoms with E-state index >= 15 is 0 Å². The van der Waals surface area contributed by atoms with Crippen molar-refractivity contribution >= 4 is 32.7 Å². The highest BCUT2D eigenvalue weighted by molar-refractivity contribution is 9.10. The molecule has 0 radical (unpaired) electrons. The third kappa shape index (κ3) is 1.33. The van der Waals surface area contributed by atoms with Gasteiger partial charge in [0.05, 0.1) is 18.3 Å². The molecule has 0 aliphatic carbocycles. The van der Waals surface area contributed by atoms with Gasteiger partial charge < -0.3 is 15.0 Å². The maximum atomic E-state index is 5.76. The molecule has 0 atom stereocenters. The van der Waals surface area contributed by atoms with Gasteiger partial charge in [-0.3, -0.25) is 4.40 Å². The molecule has 0 aliphatic heterocycles. The number of nitrogens with zero attached hydrogens (tertiary/aromatic N) is 3. The van der Waals surface area contributed by atoms with Crippen molar-refractivity contribution in [2.45, 2.75) is 6.54 Å². The number of halogens is 1. The Balaban J connectivity index is 2.51. The number of rotatable bonds is 2. The standard InChI is InChI=1S/C12H13BrN4O/c1-16-8(6-14)11(13)17-7-4-3-5-9(18-2)10(7)15-12(16)17/h3-5H,6,14H2,1-2H3. The first-order valence-electron chi connectivity index (χ1n) is 5.57. The second-order valence-corrected chi connectivity index (χ2v) is 4.83. The fraction of sp³-hybridized carbons (Fsp3) is 0.250. The number of hydrogen-bond donors (Lipinski definition) is 1. The molecule has 18 heavy (non-hydrogen) atoms. The number of hydrogen-bond acceptors (Lipinski definition) is 3. The lowest BCUT2D eigenvalue weighted by Gasteiger charge is -2.01. The van der Waals surface area contributed by atoms with Crippen LogP contribution in [-0.2, 0) is 13.6 Å². The van der Waals surface area contributed by atoms with E-state index in [1.54, 1.807) is 7.11 Å². The summed E-state index contributed by atoms with van der Waals surface area (Å²) in [6.07, 6.45) is 0. The average Bonchev–Trinajstić information content (AvgIpc) is 2.87. The van der Waals surface area contributed by atoms with Crippen LogP contribution in [-0.4, -0.2) is 21.1 Å². The number of aromatic nitrogens is 3. The number of imidazole rings is 2. The van der Waals surface area contributed by atoms with E-state index in [2.05, 4.69) is 20.9 Å². The predicted molar refractivity (Wildman–Crippen MR) is 73.8 cm³/mol. The number of aryl methyl sites for hydroxylation is 1. The molecular formula is C12H13BrN4O. The van der Waals surface area contributed by atoms with Crippen LogP contribution in [0.3, 0.4) is 0 Å². The van der Waals surface area contributed by atoms with Crippen LogP contribution in [0, 0.1) is 0 Å². The van der Waals surface area contributed by atoms with Crippen LogP contribution in [0.5, 0.6) is 5.75 Å². The monoisotopic (exact) mass is 308 g/mol. The number of benzene rings is 1. The van der Waals surface area contributed by atoms with Crippen LogP contribution >= 0.6 is 15.9 Å². The second kappa shape index (κ2) is 4.00. The first kappa shape index (κ1) is 11.6. The fourth-order valence-corrected chi connectivity index (χ4v) is 3.03. The van der Waals surface area contributed by atoms with Crippen LogP contribution in [0.4, 0.5) is 0 Å². The van der Waals surface area contributed by atoms with E-state index in [0.717, 1.165) is 32.9 Å². The van der Waals surface area contributed by atoms with Gasteiger partial charge in [0.1, 0.15) is 15.9 Å². The van der Waals surface area contributed by atoms with Gasteiger partial charge in [-0.05, 0) is 28.1 Å². The van der Waals surface area contributed by atoms with E-state index in [0.29, 0.717) is 6.54 Å². The lowest BCUT2D eigenvalue weighted by molar-refractivity contribution is 0.419. The lowest BCUT2D eigenvalue weighted by Crippen LogP contribution is -2.04. The van der Waals surface area contributed by atoms with E-state index in [1.807, 2.05) is 34.2 Å². The Morgan fingerprint density at radius 1 is 1.44 bits per heavy atom. The Labute approximate surface area is 112 Å². The normalized spacial score (nSPS) is 11.6. The van der Waals surface area contributed by atoms with E-state index in [9.17, 15) is 0 Å². The summed E-state index contributed by atoms with van der Waals surface area (Å²) in [7, 11) is 3.61. The van der Waals surface area contributed by atoms with Crippen molar-refractivity contribution in [1.29, 1.82) is 0 Å². The molecule has 2 aromatic heterocycles. The second-order valence-electron chi connectivity index (χ2n) is 4.08. The maximum Gasteiger partial charge on any atom is 0.216 e. The van der Waals surface area contributed by atoms with Gasteiger partial charge in [0.15, 0.2) is 0 Å². The first-order valence-corrected chi connectivity index (χ1v) is 6.36. The Morgan fingerprint density at radius 2 is 2.22 bits per heavy atom. The Morgan fingerprint density at radius 3 is 2.89 bits per heavy atom. The van der Waals surface area contributed by atoms with Crippen LogP contribution < -0.4 is 10.5 Å². The molecule has 1 aromatic carbocycles. The summed E-state index contributed by atoms with van der Waals surface area (Å²) in [5.74, 6) is 1.62. The van der Waals surface area contributed by atoms with Gasteiger partial charge in [0.2, 0.25) is 5.78 Å². The largest absolute Gasteiger partial charge is 0.494 e. The number of fused-ring (bicyclic) bond motifs is 3. The van der Waals surface area contributed by atoms with E-state index in [-0.39, 0.29) is 0 Å². The smallest absolute Gasteiger partial charge is 0.216 e. The molecule has 2 N–H and O–H groups in total. The fourth-order valence-electron chi connectivity index (χ4n) is 2.25. The molecule has 5 nitrogen and oxygen atoms in total. The first-order chi connectivity index (χ1) is 8.69. The maximum absolute atomic E-state index is 5.76. The quantitative estimate of drug-likeness (QED) is 0.788. The van der Waals surface area contributed by atoms with Crippen molar-refractivity contribution in [1.82, 2.24) is 14.0 Å². The number of methoxy groups -OCH3 is 1. The molecule has 0 unspecified atom stereocenters. The van der Waals surface area contributed by atoms with Crippen molar-refractivity contribution in [3.63, 3.8) is 0 Å². The van der Waals surface area contributed by atoms with Gasteiger partial charge in [0.25, 0.3) is 0 Å². The van der Waals surface area contributed by atoms with Crippen molar-refractivity contribution in [2.24, 2.45) is 12.8 Å². The minimum atomic E-state index is 0.464. The summed E-state index contributed by atoms with van der Waals surface area (Å²) in [6.45, 7) is 0.464. The molecule has 0 amide bonds. The molecule has 94 valence electrons. The number of ether oxygens (including phenoxy) is 1. The summed E-state index contributed by atoms with van der Waals surface area (Å²) in [5, 5.41) is 0. The summed E-state index contributed by atoms with van der Waals surface area (Å²) in [6, 6.07) is 5.88. The number of para-hydroxylation sites is 1. The average molecular weight is 309 g/mol. The minimum Gasteiger partial charge on any atom is -0.494 e. The predicted octanol–water partition coefficient (Wildman–Crippen LogP) is 2.06. The Kier molecular flexibility index (Phi) is 2.57. The van der Waals surface area contributed by atoms with Gasteiger partial charge >= 0.3 is 0 Å². The molecule has 0 saturated carbocycles. The van der Waals surface area contributed by atoms with Gasteiger partial charge in [0, 0.05) is 13.6 Å². The van der Waals surface area contributed by atoms with Crippen LogP contribution in [0.2, 0.25) is 0 Å².